The van der Waals surface area contributed by atoms with Crippen LogP contribution >= 0.6 is 15.9 Å². The molecule has 0 bridgehead atoms. The van der Waals surface area contributed by atoms with Gasteiger partial charge in [-0.1, -0.05) is 29.8 Å². The third-order valence-corrected chi connectivity index (χ3v) is 8.10. The number of guanidine groups is 1. The lowest BCUT2D eigenvalue weighted by atomic mass is 10.1. The first-order chi connectivity index (χ1) is 14.5. The van der Waals surface area contributed by atoms with E-state index in [9.17, 15) is 9.66 Å². The average Bonchev–Trinajstić information content (AvgIpc) is 3.13. The SMILES string of the molecule is CC(C)C(CO)NN1C(N2CCN(c3ccc(Br)cc3)CC2)=NC=C2[C@H]1CC[S+]2[O-]. The fraction of sp³-hybridized carbons (Fsp3) is 0.571. The van der Waals surface area contributed by atoms with Gasteiger partial charge in [0.2, 0.25) is 5.96 Å². The molecule has 164 valence electrons. The standard InChI is InChI=1S/C21H30BrN5O2S/c1-15(2)18(14-28)24-27-19-7-12-30(29)20(19)13-23-21(27)26-10-8-25(9-11-26)17-5-3-16(22)4-6-17/h3-6,13,15,18-19,24,28H,7-12,14H2,1-2H3/t18?,19-,30?/m1/s1. The molecule has 1 aromatic rings. The van der Waals surface area contributed by atoms with E-state index in [0.29, 0.717) is 5.75 Å². The Labute approximate surface area is 190 Å². The van der Waals surface area contributed by atoms with Crippen molar-refractivity contribution in [1.82, 2.24) is 15.3 Å². The number of hydrazine groups is 1. The number of aliphatic hydroxyl groups excluding tert-OH is 1. The van der Waals surface area contributed by atoms with E-state index in [0.717, 1.165) is 47.9 Å². The minimum absolute atomic E-state index is 0.0376. The molecule has 4 rings (SSSR count). The number of fused-ring (bicyclic) bond motifs is 1. The molecule has 0 saturated carbocycles. The summed E-state index contributed by atoms with van der Waals surface area (Å²) in [5.41, 5.74) is 4.74. The summed E-state index contributed by atoms with van der Waals surface area (Å²) in [5, 5.41) is 11.9. The summed E-state index contributed by atoms with van der Waals surface area (Å²) in [7, 11) is 0. The number of hydrogen-bond acceptors (Lipinski definition) is 7. The van der Waals surface area contributed by atoms with Gasteiger partial charge in [0.1, 0.15) is 11.8 Å². The largest absolute Gasteiger partial charge is 0.612 e. The van der Waals surface area contributed by atoms with Crippen LogP contribution in [-0.2, 0) is 11.2 Å². The van der Waals surface area contributed by atoms with E-state index in [4.69, 9.17) is 4.99 Å². The van der Waals surface area contributed by atoms with Crippen molar-refractivity contribution >= 4 is 38.8 Å². The molecule has 3 aliphatic heterocycles. The molecule has 0 aromatic heterocycles. The second-order valence-electron chi connectivity index (χ2n) is 8.30. The first kappa shape index (κ1) is 22.0. The molecule has 2 unspecified atom stereocenters. The number of nitrogens with one attached hydrogen (secondary N) is 1. The van der Waals surface area contributed by atoms with Crippen LogP contribution in [0.1, 0.15) is 20.3 Å². The lowest BCUT2D eigenvalue weighted by Gasteiger charge is -2.44. The molecule has 7 nitrogen and oxygen atoms in total. The summed E-state index contributed by atoms with van der Waals surface area (Å²) in [6.07, 6.45) is 2.64. The molecule has 0 aliphatic carbocycles. The molecule has 1 aromatic carbocycles. The molecular formula is C21H30BrN5O2S. The molecule has 30 heavy (non-hydrogen) atoms. The normalized spacial score (nSPS) is 25.3. The highest BCUT2D eigenvalue weighted by atomic mass is 79.9. The first-order valence-electron chi connectivity index (χ1n) is 10.6. The van der Waals surface area contributed by atoms with Crippen LogP contribution in [0.3, 0.4) is 0 Å². The highest BCUT2D eigenvalue weighted by Gasteiger charge is 2.43. The number of benzene rings is 1. The van der Waals surface area contributed by atoms with Gasteiger partial charge in [-0.05, 0) is 41.4 Å². The Bertz CT molecular complexity index is 795. The van der Waals surface area contributed by atoms with Gasteiger partial charge < -0.3 is 19.5 Å². The van der Waals surface area contributed by atoms with Gasteiger partial charge >= 0.3 is 0 Å². The van der Waals surface area contributed by atoms with Crippen molar-refractivity contribution in [2.24, 2.45) is 10.9 Å². The van der Waals surface area contributed by atoms with Crippen LogP contribution in [0.2, 0.25) is 0 Å². The zero-order valence-corrected chi connectivity index (χ0v) is 19.9. The zero-order chi connectivity index (χ0) is 21.3. The van der Waals surface area contributed by atoms with Crippen LogP contribution in [0.4, 0.5) is 5.69 Å². The fourth-order valence-corrected chi connectivity index (χ4v) is 5.77. The van der Waals surface area contributed by atoms with E-state index in [1.807, 2.05) is 6.20 Å². The zero-order valence-electron chi connectivity index (χ0n) is 17.5. The van der Waals surface area contributed by atoms with E-state index >= 15 is 0 Å². The summed E-state index contributed by atoms with van der Waals surface area (Å²) < 4.78 is 13.5. The molecule has 0 radical (unpaired) electrons. The number of aliphatic imine (C=N–C) groups is 1. The van der Waals surface area contributed by atoms with Gasteiger partial charge in [-0.3, -0.25) is 5.01 Å². The van der Waals surface area contributed by atoms with Crippen LogP contribution in [-0.4, -0.2) is 76.2 Å². The maximum Gasteiger partial charge on any atom is 0.216 e. The highest BCUT2D eigenvalue weighted by Crippen LogP contribution is 2.32. The Kier molecular flexibility index (Phi) is 6.94. The van der Waals surface area contributed by atoms with Gasteiger partial charge in [-0.25, -0.2) is 10.4 Å². The third kappa shape index (κ3) is 4.50. The van der Waals surface area contributed by atoms with Gasteiger partial charge in [0, 0.05) is 42.8 Å². The van der Waals surface area contributed by atoms with Crippen LogP contribution in [0, 0.1) is 5.92 Å². The van der Waals surface area contributed by atoms with Crippen LogP contribution in [0.25, 0.3) is 0 Å². The van der Waals surface area contributed by atoms with Crippen molar-refractivity contribution in [3.8, 4) is 0 Å². The van der Waals surface area contributed by atoms with Crippen molar-refractivity contribution in [3.05, 3.63) is 39.8 Å². The summed E-state index contributed by atoms with van der Waals surface area (Å²) in [4.78, 5) is 10.3. The predicted octanol–water partition coefficient (Wildman–Crippen LogP) is 2.13. The number of hydrogen-bond donors (Lipinski definition) is 2. The predicted molar refractivity (Wildman–Crippen MR) is 126 cm³/mol. The van der Waals surface area contributed by atoms with Gasteiger partial charge in [0.05, 0.1) is 18.8 Å². The van der Waals surface area contributed by atoms with Gasteiger partial charge in [0.25, 0.3) is 0 Å². The smallest absolute Gasteiger partial charge is 0.216 e. The number of piperazine rings is 1. The first-order valence-corrected chi connectivity index (χ1v) is 12.7. The number of halogens is 1. The number of rotatable bonds is 5. The van der Waals surface area contributed by atoms with E-state index in [2.05, 4.69) is 74.3 Å². The van der Waals surface area contributed by atoms with Crippen molar-refractivity contribution in [3.63, 3.8) is 0 Å². The maximum absolute atomic E-state index is 12.4. The van der Waals surface area contributed by atoms with Gasteiger partial charge in [0.15, 0.2) is 4.91 Å². The summed E-state index contributed by atoms with van der Waals surface area (Å²) in [6.45, 7) is 7.78. The molecule has 0 spiro atoms. The molecule has 9 heteroatoms. The van der Waals surface area contributed by atoms with Gasteiger partial charge in [-0.15, -0.1) is 0 Å². The summed E-state index contributed by atoms with van der Waals surface area (Å²) in [5.74, 6) is 1.81. The Hall–Kier alpha value is -1.26. The van der Waals surface area contributed by atoms with E-state index in [-0.39, 0.29) is 24.6 Å². The van der Waals surface area contributed by atoms with E-state index in [1.54, 1.807) is 0 Å². The lowest BCUT2D eigenvalue weighted by molar-refractivity contribution is 0.118. The minimum atomic E-state index is -0.961. The van der Waals surface area contributed by atoms with E-state index < -0.39 is 11.2 Å². The number of nitrogens with zero attached hydrogens (tertiary/aromatic N) is 4. The molecular weight excluding hydrogens is 466 g/mol. The van der Waals surface area contributed by atoms with Crippen LogP contribution in [0.5, 0.6) is 0 Å². The molecule has 3 aliphatic rings. The highest BCUT2D eigenvalue weighted by molar-refractivity contribution is 9.10. The number of anilines is 1. The summed E-state index contributed by atoms with van der Waals surface area (Å²) >= 11 is 2.54. The fourth-order valence-electron chi connectivity index (χ4n) is 4.13. The molecule has 2 N–H and O–H groups in total. The Morgan fingerprint density at radius 1 is 1.20 bits per heavy atom. The second-order valence-corrected chi connectivity index (χ2v) is 10.8. The quantitative estimate of drug-likeness (QED) is 0.609. The van der Waals surface area contributed by atoms with Crippen molar-refractivity contribution in [2.45, 2.75) is 32.4 Å². The van der Waals surface area contributed by atoms with Crippen molar-refractivity contribution < 1.29 is 9.66 Å². The minimum Gasteiger partial charge on any atom is -0.612 e. The molecule has 2 saturated heterocycles. The average molecular weight is 496 g/mol. The third-order valence-electron chi connectivity index (χ3n) is 6.06. The number of aliphatic hydroxyl groups is 1. The summed E-state index contributed by atoms with van der Waals surface area (Å²) in [6, 6.07) is 8.40. The molecule has 3 heterocycles. The second kappa shape index (κ2) is 9.48. The molecule has 3 atom stereocenters. The Morgan fingerprint density at radius 2 is 1.87 bits per heavy atom. The Balaban J connectivity index is 1.50. The lowest BCUT2D eigenvalue weighted by Crippen LogP contribution is -2.63. The van der Waals surface area contributed by atoms with E-state index in [1.165, 1.54) is 5.69 Å². The van der Waals surface area contributed by atoms with Crippen LogP contribution in [0.15, 0.2) is 44.8 Å². The van der Waals surface area contributed by atoms with Gasteiger partial charge in [-0.2, -0.15) is 0 Å². The monoisotopic (exact) mass is 495 g/mol. The molecule has 0 amide bonds. The maximum atomic E-state index is 12.4. The molecule has 2 fully saturated rings. The van der Waals surface area contributed by atoms with Crippen molar-refractivity contribution in [2.75, 3.05) is 43.4 Å². The Morgan fingerprint density at radius 3 is 2.50 bits per heavy atom. The van der Waals surface area contributed by atoms with Crippen molar-refractivity contribution in [1.29, 1.82) is 0 Å². The van der Waals surface area contributed by atoms with Crippen LogP contribution < -0.4 is 10.3 Å². The topological polar surface area (TPSA) is 77.4 Å².